The third-order valence-electron chi connectivity index (χ3n) is 3.79. The fourth-order valence-electron chi connectivity index (χ4n) is 2.36. The van der Waals surface area contributed by atoms with Crippen LogP contribution >= 0.6 is 0 Å². The van der Waals surface area contributed by atoms with Crippen molar-refractivity contribution in [3.05, 3.63) is 29.8 Å². The second-order valence-corrected chi connectivity index (χ2v) is 7.27. The number of amides is 1. The van der Waals surface area contributed by atoms with Gasteiger partial charge >= 0.3 is 5.97 Å². The zero-order valence-electron chi connectivity index (χ0n) is 16.0. The maximum atomic E-state index is 12.3. The van der Waals surface area contributed by atoms with E-state index in [4.69, 9.17) is 10.5 Å². The van der Waals surface area contributed by atoms with E-state index in [1.54, 1.807) is 40.0 Å². The average molecular weight is 365 g/mol. The summed E-state index contributed by atoms with van der Waals surface area (Å²) in [5.74, 6) is -0.378. The molecule has 0 aliphatic carbocycles. The van der Waals surface area contributed by atoms with Crippen LogP contribution in [0.5, 0.6) is 5.75 Å². The molecule has 0 saturated carbocycles. The molecule has 7 nitrogen and oxygen atoms in total. The van der Waals surface area contributed by atoms with Crippen LogP contribution in [0.3, 0.4) is 0 Å². The molecule has 0 aromatic heterocycles. The maximum Gasteiger partial charge on any atom is 0.323 e. The van der Waals surface area contributed by atoms with Crippen LogP contribution in [0.25, 0.3) is 0 Å². The molecule has 0 aliphatic heterocycles. The van der Waals surface area contributed by atoms with Gasteiger partial charge in [0.25, 0.3) is 0 Å². The quantitative estimate of drug-likeness (QED) is 0.487. The van der Waals surface area contributed by atoms with Crippen LogP contribution in [0.4, 0.5) is 0 Å². The van der Waals surface area contributed by atoms with Gasteiger partial charge in [0.2, 0.25) is 5.91 Å². The molecule has 146 valence electrons. The zero-order valence-corrected chi connectivity index (χ0v) is 16.0. The van der Waals surface area contributed by atoms with Gasteiger partial charge in [-0.2, -0.15) is 0 Å². The number of carbonyl (C=O) groups excluding carboxylic acids is 2. The smallest absolute Gasteiger partial charge is 0.323 e. The Morgan fingerprint density at radius 3 is 2.35 bits per heavy atom. The summed E-state index contributed by atoms with van der Waals surface area (Å²) >= 11 is 0. The molecule has 2 atom stereocenters. The van der Waals surface area contributed by atoms with Crippen molar-refractivity contribution in [1.29, 1.82) is 0 Å². The number of benzene rings is 1. The first-order valence-corrected chi connectivity index (χ1v) is 8.83. The van der Waals surface area contributed by atoms with Crippen LogP contribution in [0.1, 0.15) is 39.2 Å². The van der Waals surface area contributed by atoms with Gasteiger partial charge in [-0.3, -0.25) is 9.59 Å². The third kappa shape index (κ3) is 8.31. The molecule has 0 radical (unpaired) electrons. The summed E-state index contributed by atoms with van der Waals surface area (Å²) in [7, 11) is 1.70. The van der Waals surface area contributed by atoms with Gasteiger partial charge in [0.1, 0.15) is 17.4 Å². The highest BCUT2D eigenvalue weighted by molar-refractivity contribution is 5.82. The molecule has 1 rings (SSSR count). The van der Waals surface area contributed by atoms with E-state index in [2.05, 4.69) is 10.6 Å². The van der Waals surface area contributed by atoms with Gasteiger partial charge in [-0.15, -0.1) is 0 Å². The van der Waals surface area contributed by atoms with Gasteiger partial charge in [-0.1, -0.05) is 12.1 Å². The molecular formula is C19H31N3O4. The third-order valence-corrected chi connectivity index (χ3v) is 3.79. The van der Waals surface area contributed by atoms with E-state index in [-0.39, 0.29) is 11.7 Å². The molecule has 7 heteroatoms. The van der Waals surface area contributed by atoms with Crippen molar-refractivity contribution in [3.63, 3.8) is 0 Å². The summed E-state index contributed by atoms with van der Waals surface area (Å²) in [4.78, 5) is 24.2. The minimum absolute atomic E-state index is 0.136. The van der Waals surface area contributed by atoms with Crippen LogP contribution in [0.2, 0.25) is 0 Å². The first kappa shape index (κ1) is 21.9. The molecular weight excluding hydrogens is 334 g/mol. The van der Waals surface area contributed by atoms with E-state index in [1.807, 2.05) is 12.1 Å². The number of aromatic hydroxyl groups is 1. The van der Waals surface area contributed by atoms with Crippen LogP contribution in [-0.4, -0.2) is 48.3 Å². The molecule has 0 bridgehead atoms. The molecule has 1 aromatic rings. The fourth-order valence-corrected chi connectivity index (χ4v) is 2.36. The highest BCUT2D eigenvalue weighted by atomic mass is 16.6. The maximum absolute atomic E-state index is 12.3. The lowest BCUT2D eigenvalue weighted by Gasteiger charge is -2.23. The second-order valence-electron chi connectivity index (χ2n) is 7.27. The monoisotopic (exact) mass is 365 g/mol. The Bertz CT molecular complexity index is 581. The molecule has 1 aromatic carbocycles. The minimum Gasteiger partial charge on any atom is -0.508 e. The number of hydrogen-bond acceptors (Lipinski definition) is 6. The molecule has 5 N–H and O–H groups in total. The predicted molar refractivity (Wildman–Crippen MR) is 101 cm³/mol. The summed E-state index contributed by atoms with van der Waals surface area (Å²) in [6.07, 6.45) is 1.45. The SMILES string of the molecule is CN[C@@H](CCC(N)C(=O)OC(C)(C)C)C(=O)NCCc1ccc(O)cc1. The van der Waals surface area contributed by atoms with Crippen molar-refractivity contribution in [3.8, 4) is 5.75 Å². The number of carbonyl (C=O) groups is 2. The van der Waals surface area contributed by atoms with Crippen molar-refractivity contribution in [2.45, 2.75) is 57.7 Å². The summed E-state index contributed by atoms with van der Waals surface area (Å²) in [5.41, 5.74) is 6.30. The molecule has 0 heterocycles. The Morgan fingerprint density at radius 2 is 1.81 bits per heavy atom. The molecule has 0 spiro atoms. The van der Waals surface area contributed by atoms with E-state index in [9.17, 15) is 14.7 Å². The molecule has 1 amide bonds. The Kier molecular flexibility index (Phi) is 8.54. The van der Waals surface area contributed by atoms with Crippen molar-refractivity contribution < 1.29 is 19.4 Å². The van der Waals surface area contributed by atoms with Crippen LogP contribution in [-0.2, 0) is 20.7 Å². The standard InChI is InChI=1S/C19H31N3O4/c1-19(2,3)26-18(25)15(20)9-10-16(21-4)17(24)22-12-11-13-5-7-14(23)8-6-13/h5-8,15-16,21,23H,9-12,20H2,1-4H3,(H,22,24)/t15?,16-/m0/s1. The normalized spacial score (nSPS) is 13.7. The van der Waals surface area contributed by atoms with Gasteiger partial charge in [0.05, 0.1) is 6.04 Å². The summed E-state index contributed by atoms with van der Waals surface area (Å²) in [6, 6.07) is 5.68. The number of ether oxygens (including phenoxy) is 1. The number of nitrogens with two attached hydrogens (primary N) is 1. The van der Waals surface area contributed by atoms with Crippen LogP contribution < -0.4 is 16.4 Å². The van der Waals surface area contributed by atoms with Crippen LogP contribution in [0, 0.1) is 0 Å². The van der Waals surface area contributed by atoms with Gasteiger partial charge < -0.3 is 26.2 Å². The Hall–Kier alpha value is -2.12. The largest absolute Gasteiger partial charge is 0.508 e. The van der Waals surface area contributed by atoms with Crippen molar-refractivity contribution >= 4 is 11.9 Å². The van der Waals surface area contributed by atoms with Crippen LogP contribution in [0.15, 0.2) is 24.3 Å². The number of phenols is 1. The second kappa shape index (κ2) is 10.1. The lowest BCUT2D eigenvalue weighted by Crippen LogP contribution is -2.45. The van der Waals surface area contributed by atoms with E-state index >= 15 is 0 Å². The predicted octanol–water partition coefficient (Wildman–Crippen LogP) is 1.09. The van der Waals surface area contributed by atoms with Crippen molar-refractivity contribution in [1.82, 2.24) is 10.6 Å². The molecule has 0 saturated heterocycles. The number of phenolic OH excluding ortho intramolecular Hbond substituents is 1. The lowest BCUT2D eigenvalue weighted by molar-refractivity contribution is -0.156. The molecule has 0 fully saturated rings. The van der Waals surface area contributed by atoms with Gasteiger partial charge in [0.15, 0.2) is 0 Å². The number of esters is 1. The highest BCUT2D eigenvalue weighted by Gasteiger charge is 2.24. The minimum atomic E-state index is -0.755. The zero-order chi connectivity index (χ0) is 19.7. The Morgan fingerprint density at radius 1 is 1.19 bits per heavy atom. The van der Waals surface area contributed by atoms with Gasteiger partial charge in [0, 0.05) is 6.54 Å². The summed E-state index contributed by atoms with van der Waals surface area (Å²) < 4.78 is 5.25. The summed E-state index contributed by atoms with van der Waals surface area (Å²) in [6.45, 7) is 5.85. The summed E-state index contributed by atoms with van der Waals surface area (Å²) in [5, 5.41) is 15.1. The lowest BCUT2D eigenvalue weighted by atomic mass is 10.1. The van der Waals surface area contributed by atoms with E-state index < -0.39 is 23.7 Å². The highest BCUT2D eigenvalue weighted by Crippen LogP contribution is 2.11. The number of hydrogen-bond donors (Lipinski definition) is 4. The first-order chi connectivity index (χ1) is 12.1. The Balaban J connectivity index is 2.38. The van der Waals surface area contributed by atoms with E-state index in [0.29, 0.717) is 25.8 Å². The topological polar surface area (TPSA) is 114 Å². The molecule has 0 aliphatic rings. The van der Waals surface area contributed by atoms with Gasteiger partial charge in [-0.25, -0.2) is 0 Å². The van der Waals surface area contributed by atoms with Crippen molar-refractivity contribution in [2.75, 3.05) is 13.6 Å². The van der Waals surface area contributed by atoms with E-state index in [1.165, 1.54) is 0 Å². The fraction of sp³-hybridized carbons (Fsp3) is 0.579. The Labute approximate surface area is 155 Å². The number of nitrogens with one attached hydrogen (secondary N) is 2. The average Bonchev–Trinajstić information content (AvgIpc) is 2.55. The number of likely N-dealkylation sites (N-methyl/N-ethyl adjacent to an activating group) is 1. The van der Waals surface area contributed by atoms with Gasteiger partial charge in [-0.05, 0) is 64.8 Å². The first-order valence-electron chi connectivity index (χ1n) is 8.83. The van der Waals surface area contributed by atoms with E-state index in [0.717, 1.165) is 5.56 Å². The van der Waals surface area contributed by atoms with Crippen molar-refractivity contribution in [2.24, 2.45) is 5.73 Å². The molecule has 26 heavy (non-hydrogen) atoms. The number of rotatable bonds is 9. The molecule has 1 unspecified atom stereocenters.